The van der Waals surface area contributed by atoms with Crippen molar-refractivity contribution in [3.8, 4) is 17.0 Å². The Morgan fingerprint density at radius 3 is 2.43 bits per heavy atom. The van der Waals surface area contributed by atoms with Crippen molar-refractivity contribution >= 4 is 16.6 Å². The van der Waals surface area contributed by atoms with Crippen molar-refractivity contribution in [2.24, 2.45) is 0 Å². The van der Waals surface area contributed by atoms with Gasteiger partial charge in [-0.05, 0) is 42.9 Å². The van der Waals surface area contributed by atoms with E-state index in [9.17, 15) is 13.6 Å². The number of piperazine rings is 1. The number of hydrogen-bond donors (Lipinski definition) is 1. The average molecular weight is 478 g/mol. The molecule has 180 valence electrons. The van der Waals surface area contributed by atoms with Gasteiger partial charge in [0.15, 0.2) is 0 Å². The summed E-state index contributed by atoms with van der Waals surface area (Å²) in [6, 6.07) is 10.5. The molecule has 7 nitrogen and oxygen atoms in total. The van der Waals surface area contributed by atoms with Crippen molar-refractivity contribution in [3.05, 3.63) is 82.0 Å². The molecule has 2 aromatic carbocycles. The maximum Gasteiger partial charge on any atom is 0.258 e. The number of likely N-dealkylation sites (N-methyl/N-ethyl adjacent to an activating group) is 1. The Balaban J connectivity index is 1.44. The van der Waals surface area contributed by atoms with Gasteiger partial charge >= 0.3 is 0 Å². The van der Waals surface area contributed by atoms with Crippen LogP contribution in [0.1, 0.15) is 11.4 Å². The van der Waals surface area contributed by atoms with Crippen molar-refractivity contribution in [2.75, 3.05) is 45.2 Å². The minimum absolute atomic E-state index is 0.243. The SMILES string of the molecule is COc1cc2c(=O)[nH]c(Cc3ccc(-c4cc(F)cc(F)c4)nc3)nc2cc1N1CCN(C)CC1. The van der Waals surface area contributed by atoms with Crippen molar-refractivity contribution in [1.29, 1.82) is 0 Å². The molecule has 1 aliphatic heterocycles. The second-order valence-electron chi connectivity index (χ2n) is 8.73. The Labute approximate surface area is 201 Å². The van der Waals surface area contributed by atoms with E-state index in [1.807, 2.05) is 6.07 Å². The zero-order valence-electron chi connectivity index (χ0n) is 19.5. The molecule has 0 aliphatic carbocycles. The summed E-state index contributed by atoms with van der Waals surface area (Å²) in [5, 5.41) is 0.463. The highest BCUT2D eigenvalue weighted by Gasteiger charge is 2.20. The highest BCUT2D eigenvalue weighted by molar-refractivity contribution is 5.85. The average Bonchev–Trinajstić information content (AvgIpc) is 2.84. The van der Waals surface area contributed by atoms with Crippen LogP contribution in [0.5, 0.6) is 5.75 Å². The van der Waals surface area contributed by atoms with Gasteiger partial charge in [-0.15, -0.1) is 0 Å². The smallest absolute Gasteiger partial charge is 0.258 e. The quantitative estimate of drug-likeness (QED) is 0.473. The van der Waals surface area contributed by atoms with Crippen LogP contribution in [0.15, 0.2) is 53.5 Å². The first-order chi connectivity index (χ1) is 16.9. The lowest BCUT2D eigenvalue weighted by atomic mass is 10.1. The van der Waals surface area contributed by atoms with E-state index in [1.54, 1.807) is 31.5 Å². The number of methoxy groups -OCH3 is 1. The summed E-state index contributed by atoms with van der Waals surface area (Å²) in [5.41, 5.74) is 2.89. The number of ether oxygens (including phenoxy) is 1. The van der Waals surface area contributed by atoms with E-state index in [-0.39, 0.29) is 5.56 Å². The number of H-pyrrole nitrogens is 1. The van der Waals surface area contributed by atoms with Crippen molar-refractivity contribution in [1.82, 2.24) is 19.9 Å². The summed E-state index contributed by atoms with van der Waals surface area (Å²) < 4.78 is 32.7. The number of nitrogens with one attached hydrogen (secondary N) is 1. The van der Waals surface area contributed by atoms with E-state index in [1.165, 1.54) is 12.1 Å². The van der Waals surface area contributed by atoms with Crippen LogP contribution in [0.2, 0.25) is 0 Å². The molecular formula is C26H25F2N5O2. The normalized spacial score (nSPS) is 14.5. The predicted molar refractivity (Wildman–Crippen MR) is 131 cm³/mol. The molecule has 1 aliphatic rings. The molecule has 0 atom stereocenters. The minimum atomic E-state index is -0.656. The number of nitrogens with zero attached hydrogens (tertiary/aromatic N) is 4. The standard InChI is InChI=1S/C26H25F2N5O2/c1-32-5-7-33(8-6-32)23-14-22-20(13-24(23)35-2)26(34)31-25(30-22)9-16-3-4-21(29-15-16)17-10-18(27)12-19(28)11-17/h3-4,10-15H,5-9H2,1-2H3,(H,30,31,34). The predicted octanol–water partition coefficient (Wildman–Crippen LogP) is 3.61. The van der Waals surface area contributed by atoms with Crippen LogP contribution in [0, 0.1) is 11.6 Å². The Morgan fingerprint density at radius 1 is 1.03 bits per heavy atom. The maximum absolute atomic E-state index is 13.5. The molecule has 5 rings (SSSR count). The molecule has 4 aromatic rings. The third kappa shape index (κ3) is 4.85. The van der Waals surface area contributed by atoms with Gasteiger partial charge < -0.3 is 19.5 Å². The Bertz CT molecular complexity index is 1410. The number of rotatable bonds is 5. The molecule has 35 heavy (non-hydrogen) atoms. The van der Waals surface area contributed by atoms with Gasteiger partial charge in [0.1, 0.15) is 23.2 Å². The Hall–Kier alpha value is -3.85. The first-order valence-electron chi connectivity index (χ1n) is 11.4. The van der Waals surface area contributed by atoms with Crippen molar-refractivity contribution in [3.63, 3.8) is 0 Å². The van der Waals surface area contributed by atoms with Crippen LogP contribution in [0.3, 0.4) is 0 Å². The van der Waals surface area contributed by atoms with E-state index in [0.717, 1.165) is 43.5 Å². The molecule has 1 N–H and O–H groups in total. The molecule has 0 radical (unpaired) electrons. The second kappa shape index (κ2) is 9.42. The first-order valence-corrected chi connectivity index (χ1v) is 11.4. The molecule has 1 saturated heterocycles. The van der Waals surface area contributed by atoms with Crippen LogP contribution < -0.4 is 15.2 Å². The number of aromatic amines is 1. The number of pyridine rings is 1. The molecule has 1 fully saturated rings. The lowest BCUT2D eigenvalue weighted by Gasteiger charge is -2.34. The first kappa shape index (κ1) is 22.9. The fraction of sp³-hybridized carbons (Fsp3) is 0.269. The molecule has 0 saturated carbocycles. The molecule has 0 unspecified atom stereocenters. The van der Waals surface area contributed by atoms with Gasteiger partial charge in [-0.3, -0.25) is 9.78 Å². The maximum atomic E-state index is 13.5. The van der Waals surface area contributed by atoms with Gasteiger partial charge in [0.05, 0.1) is 29.4 Å². The van der Waals surface area contributed by atoms with Crippen molar-refractivity contribution < 1.29 is 13.5 Å². The monoisotopic (exact) mass is 477 g/mol. The van der Waals surface area contributed by atoms with Crippen LogP contribution in [-0.2, 0) is 6.42 Å². The molecule has 0 spiro atoms. The van der Waals surface area contributed by atoms with Gasteiger partial charge in [-0.1, -0.05) is 6.07 Å². The number of halogens is 2. The van der Waals surface area contributed by atoms with Gasteiger partial charge in [0, 0.05) is 50.4 Å². The number of benzene rings is 2. The van der Waals surface area contributed by atoms with Crippen LogP contribution in [0.25, 0.3) is 22.2 Å². The van der Waals surface area contributed by atoms with Gasteiger partial charge in [-0.25, -0.2) is 13.8 Å². The van der Waals surface area contributed by atoms with Crippen LogP contribution in [0.4, 0.5) is 14.5 Å². The summed E-state index contributed by atoms with van der Waals surface area (Å²) in [6.45, 7) is 3.62. The van der Waals surface area contributed by atoms with Crippen molar-refractivity contribution in [2.45, 2.75) is 6.42 Å². The number of fused-ring (bicyclic) bond motifs is 1. The molecule has 3 heterocycles. The van der Waals surface area contributed by atoms with Gasteiger partial charge in [-0.2, -0.15) is 0 Å². The molecule has 2 aromatic heterocycles. The zero-order valence-corrected chi connectivity index (χ0v) is 19.5. The van der Waals surface area contributed by atoms with E-state index in [0.29, 0.717) is 40.2 Å². The van der Waals surface area contributed by atoms with Crippen LogP contribution >= 0.6 is 0 Å². The second-order valence-corrected chi connectivity index (χ2v) is 8.73. The highest BCUT2D eigenvalue weighted by atomic mass is 19.1. The molecule has 9 heteroatoms. The van der Waals surface area contributed by atoms with Gasteiger partial charge in [0.2, 0.25) is 0 Å². The third-order valence-electron chi connectivity index (χ3n) is 6.25. The third-order valence-corrected chi connectivity index (χ3v) is 6.25. The van der Waals surface area contributed by atoms with E-state index < -0.39 is 11.6 Å². The van der Waals surface area contributed by atoms with E-state index in [2.05, 4.69) is 26.8 Å². The Morgan fingerprint density at radius 2 is 1.77 bits per heavy atom. The highest BCUT2D eigenvalue weighted by Crippen LogP contribution is 2.32. The number of hydrogen-bond acceptors (Lipinski definition) is 6. The number of anilines is 1. The number of aromatic nitrogens is 3. The molecule has 0 amide bonds. The zero-order chi connectivity index (χ0) is 24.5. The fourth-order valence-corrected chi connectivity index (χ4v) is 4.34. The summed E-state index contributed by atoms with van der Waals surface area (Å²) in [5.74, 6) is -0.160. The summed E-state index contributed by atoms with van der Waals surface area (Å²) in [6.07, 6.45) is 1.97. The lowest BCUT2D eigenvalue weighted by Crippen LogP contribution is -2.44. The van der Waals surface area contributed by atoms with E-state index >= 15 is 0 Å². The van der Waals surface area contributed by atoms with Gasteiger partial charge in [0.25, 0.3) is 5.56 Å². The lowest BCUT2D eigenvalue weighted by molar-refractivity contribution is 0.311. The Kier molecular flexibility index (Phi) is 6.17. The summed E-state index contributed by atoms with van der Waals surface area (Å²) in [4.78, 5) is 29.2. The topological polar surface area (TPSA) is 74.3 Å². The molecular weight excluding hydrogens is 452 g/mol. The summed E-state index contributed by atoms with van der Waals surface area (Å²) in [7, 11) is 3.70. The van der Waals surface area contributed by atoms with E-state index in [4.69, 9.17) is 9.72 Å². The minimum Gasteiger partial charge on any atom is -0.495 e. The largest absolute Gasteiger partial charge is 0.495 e. The molecule has 0 bridgehead atoms. The van der Waals surface area contributed by atoms with Crippen LogP contribution in [-0.4, -0.2) is 60.2 Å². The summed E-state index contributed by atoms with van der Waals surface area (Å²) >= 11 is 0. The fourth-order valence-electron chi connectivity index (χ4n) is 4.34.